The van der Waals surface area contributed by atoms with Gasteiger partial charge in [0.05, 0.1) is 38.8 Å². The quantitative estimate of drug-likeness (QED) is 0.107. The molecule has 0 N–H and O–H groups in total. The first-order valence-electron chi connectivity index (χ1n) is 12.9. The molecule has 0 aliphatic rings. The summed E-state index contributed by atoms with van der Waals surface area (Å²) in [5, 5.41) is 9.30. The molecule has 0 aliphatic heterocycles. The zero-order valence-electron chi connectivity index (χ0n) is 20.8. The molecule has 176 valence electrons. The lowest BCUT2D eigenvalue weighted by Crippen LogP contribution is -2.32. The Morgan fingerprint density at radius 3 is 2.22 bits per heavy atom. The Labute approximate surface area is 196 Å². The summed E-state index contributed by atoms with van der Waals surface area (Å²) < 4.78 is 4.51. The van der Waals surface area contributed by atoms with Gasteiger partial charge < -0.3 is 4.90 Å². The highest BCUT2D eigenvalue weighted by molar-refractivity contribution is 5.52. The van der Waals surface area contributed by atoms with E-state index in [1.54, 1.807) is 0 Å². The number of benzene rings is 1. The number of unbranched alkanes of at least 4 members (excludes halogenated alkanes) is 6. The molecule has 1 aromatic heterocycles. The molecule has 1 aromatic carbocycles. The van der Waals surface area contributed by atoms with Gasteiger partial charge in [-0.05, 0) is 43.5 Å². The molecule has 5 nitrogen and oxygen atoms in total. The maximum absolute atomic E-state index is 4.70. The predicted octanol–water partition coefficient (Wildman–Crippen LogP) is 7.79. The van der Waals surface area contributed by atoms with Crippen LogP contribution in [0.4, 0.5) is 17.3 Å². The molecule has 1 heterocycles. The molecule has 0 saturated carbocycles. The van der Waals surface area contributed by atoms with Crippen LogP contribution in [0.15, 0.2) is 46.9 Å². The molecule has 0 bridgehead atoms. The summed E-state index contributed by atoms with van der Waals surface area (Å²) in [7, 11) is 0. The van der Waals surface area contributed by atoms with Gasteiger partial charge >= 0.3 is 5.95 Å². The third-order valence-electron chi connectivity index (χ3n) is 5.87. The lowest BCUT2D eigenvalue weighted by molar-refractivity contribution is -0.684. The Hall–Kier alpha value is -2.30. The zero-order valence-corrected chi connectivity index (χ0v) is 20.8. The van der Waals surface area contributed by atoms with Gasteiger partial charge in [-0.25, -0.2) is 9.13 Å². The van der Waals surface area contributed by atoms with Crippen molar-refractivity contribution in [2.24, 2.45) is 10.2 Å². The number of hydrogen-bond acceptors (Lipinski definition) is 3. The van der Waals surface area contributed by atoms with E-state index >= 15 is 0 Å². The summed E-state index contributed by atoms with van der Waals surface area (Å²) in [6.45, 7) is 14.9. The third-order valence-corrected chi connectivity index (χ3v) is 5.87. The maximum atomic E-state index is 4.70. The van der Waals surface area contributed by atoms with E-state index in [1.165, 1.54) is 57.1 Å². The number of anilines is 1. The van der Waals surface area contributed by atoms with Gasteiger partial charge in [-0.3, -0.25) is 0 Å². The van der Waals surface area contributed by atoms with E-state index < -0.39 is 0 Å². The number of aromatic nitrogens is 2. The van der Waals surface area contributed by atoms with E-state index in [1.807, 2.05) is 0 Å². The van der Waals surface area contributed by atoms with Crippen LogP contribution in [0.1, 0.15) is 85.0 Å². The molecule has 2 rings (SSSR count). The molecule has 0 atom stereocenters. The average Bonchev–Trinajstić information content (AvgIpc) is 3.20. The summed E-state index contributed by atoms with van der Waals surface area (Å²) in [5.74, 6) is 0.960. The van der Waals surface area contributed by atoms with Crippen LogP contribution in [0, 0.1) is 6.92 Å². The molecular formula is C27H45N5+2. The molecule has 0 spiro atoms. The highest BCUT2D eigenvalue weighted by Crippen LogP contribution is 2.23. The molecular weight excluding hydrogens is 394 g/mol. The van der Waals surface area contributed by atoms with Crippen molar-refractivity contribution in [3.63, 3.8) is 0 Å². The van der Waals surface area contributed by atoms with Crippen LogP contribution in [0.2, 0.25) is 0 Å². The predicted molar refractivity (Wildman–Crippen MR) is 136 cm³/mol. The lowest BCUT2D eigenvalue weighted by Gasteiger charge is -2.24. The Kier molecular flexibility index (Phi) is 12.6. The van der Waals surface area contributed by atoms with Gasteiger partial charge in [0.15, 0.2) is 0 Å². The van der Waals surface area contributed by atoms with Crippen LogP contribution in [0.25, 0.3) is 0 Å². The van der Waals surface area contributed by atoms with Crippen molar-refractivity contribution in [1.29, 1.82) is 0 Å². The zero-order chi connectivity index (χ0) is 23.0. The third kappa shape index (κ3) is 8.68. The monoisotopic (exact) mass is 439 g/mol. The van der Waals surface area contributed by atoms with Crippen molar-refractivity contribution in [3.05, 3.63) is 43.6 Å². The normalized spacial score (nSPS) is 11.5. The number of aryl methyl sites for hydroxylation is 2. The fraction of sp³-hybridized carbons (Fsp3) is 0.630. The highest BCUT2D eigenvalue weighted by Gasteiger charge is 2.17. The van der Waals surface area contributed by atoms with Gasteiger partial charge in [-0.2, -0.15) is 0 Å². The SMILES string of the molecule is [CH2+]CCCN(CCCC)c1ccc(N=Nc2n(CCCCC)cc[n+]2CCCCC)cc1. The minimum Gasteiger partial charge on any atom is -0.371 e. The van der Waals surface area contributed by atoms with Crippen LogP contribution < -0.4 is 9.47 Å². The Morgan fingerprint density at radius 1 is 0.844 bits per heavy atom. The first kappa shape index (κ1) is 26.0. The van der Waals surface area contributed by atoms with Gasteiger partial charge in [0.2, 0.25) is 0 Å². The summed E-state index contributed by atoms with van der Waals surface area (Å²) in [4.78, 5) is 2.47. The Balaban J connectivity index is 2.13. The van der Waals surface area contributed by atoms with E-state index in [-0.39, 0.29) is 0 Å². The first-order valence-corrected chi connectivity index (χ1v) is 12.9. The molecule has 5 heteroatoms. The van der Waals surface area contributed by atoms with E-state index in [4.69, 9.17) is 5.11 Å². The number of azo groups is 1. The molecule has 0 unspecified atom stereocenters. The largest absolute Gasteiger partial charge is 0.421 e. The van der Waals surface area contributed by atoms with Gasteiger partial charge in [0.1, 0.15) is 5.69 Å². The molecule has 0 saturated heterocycles. The summed E-state index contributed by atoms with van der Waals surface area (Å²) in [5.41, 5.74) is 2.17. The van der Waals surface area contributed by atoms with Crippen molar-refractivity contribution < 1.29 is 4.57 Å². The number of hydrogen-bond donors (Lipinski definition) is 0. The van der Waals surface area contributed by atoms with Crippen molar-refractivity contribution in [3.8, 4) is 0 Å². The second kappa shape index (κ2) is 15.5. The van der Waals surface area contributed by atoms with Gasteiger partial charge in [0.25, 0.3) is 0 Å². The van der Waals surface area contributed by atoms with Crippen LogP contribution in [-0.2, 0) is 13.1 Å². The van der Waals surface area contributed by atoms with Crippen LogP contribution in [0.3, 0.4) is 0 Å². The summed E-state index contributed by atoms with van der Waals surface area (Å²) in [6.07, 6.45) is 16.1. The number of rotatable bonds is 17. The van der Waals surface area contributed by atoms with Crippen LogP contribution >= 0.6 is 0 Å². The summed E-state index contributed by atoms with van der Waals surface area (Å²) >= 11 is 0. The van der Waals surface area contributed by atoms with Crippen molar-refractivity contribution in [2.75, 3.05) is 18.0 Å². The van der Waals surface area contributed by atoms with Gasteiger partial charge in [-0.15, -0.1) is 0 Å². The fourth-order valence-electron chi connectivity index (χ4n) is 3.84. The van der Waals surface area contributed by atoms with E-state index in [2.05, 4.69) is 83.5 Å². The molecule has 0 amide bonds. The van der Waals surface area contributed by atoms with Crippen LogP contribution in [0.5, 0.6) is 0 Å². The molecule has 0 fully saturated rings. The van der Waals surface area contributed by atoms with Crippen LogP contribution in [-0.4, -0.2) is 17.7 Å². The maximum Gasteiger partial charge on any atom is 0.421 e. The minimum atomic E-state index is 0.905. The smallest absolute Gasteiger partial charge is 0.371 e. The van der Waals surface area contributed by atoms with Crippen molar-refractivity contribution in [2.45, 2.75) is 98.1 Å². The topological polar surface area (TPSA) is 36.8 Å². The Bertz CT molecular complexity index is 727. The van der Waals surface area contributed by atoms with E-state index in [9.17, 15) is 0 Å². The molecule has 0 aliphatic carbocycles. The Morgan fingerprint density at radius 2 is 1.53 bits per heavy atom. The second-order valence-electron chi connectivity index (χ2n) is 8.66. The highest BCUT2D eigenvalue weighted by atomic mass is 15.3. The van der Waals surface area contributed by atoms with E-state index in [0.29, 0.717) is 0 Å². The first-order chi connectivity index (χ1) is 15.7. The lowest BCUT2D eigenvalue weighted by atomic mass is 10.2. The number of nitrogens with zero attached hydrogens (tertiary/aromatic N) is 5. The standard InChI is InChI=1S/C27H45N5/c1-5-9-13-21-31-23-24-32(22-14-10-6-2)27(31)29-28-25-15-17-26(18-16-25)30(19-11-7-3)20-12-8-4/h15-18,23-24H,3,5-14,19-22H2,1-2,4H3/q+2. The molecule has 32 heavy (non-hydrogen) atoms. The van der Waals surface area contributed by atoms with Crippen molar-refractivity contribution in [1.82, 2.24) is 4.57 Å². The minimum absolute atomic E-state index is 0.905. The second-order valence-corrected chi connectivity index (χ2v) is 8.66. The number of imidazole rings is 1. The molecule has 0 radical (unpaired) electrons. The fourth-order valence-corrected chi connectivity index (χ4v) is 3.84. The van der Waals surface area contributed by atoms with Gasteiger partial charge in [0, 0.05) is 30.3 Å². The van der Waals surface area contributed by atoms with Crippen molar-refractivity contribution >= 4 is 17.3 Å². The average molecular weight is 440 g/mol. The van der Waals surface area contributed by atoms with Gasteiger partial charge in [-0.1, -0.05) is 58.0 Å². The molecule has 2 aromatic rings. The van der Waals surface area contributed by atoms with E-state index in [0.717, 1.165) is 50.7 Å². The summed E-state index contributed by atoms with van der Waals surface area (Å²) in [6, 6.07) is 8.55.